The predicted molar refractivity (Wildman–Crippen MR) is 69.2 cm³/mol. The fourth-order valence-corrected chi connectivity index (χ4v) is 4.04. The van der Waals surface area contributed by atoms with Crippen LogP contribution in [-0.2, 0) is 9.53 Å². The van der Waals surface area contributed by atoms with Crippen LogP contribution in [0.25, 0.3) is 0 Å². The Balaban J connectivity index is 2.03. The Kier molecular flexibility index (Phi) is 2.51. The van der Waals surface area contributed by atoms with Gasteiger partial charge in [-0.2, -0.15) is 0 Å². The fourth-order valence-electron chi connectivity index (χ4n) is 4.04. The predicted octanol–water partition coefficient (Wildman–Crippen LogP) is 1.33. The Labute approximate surface area is 112 Å². The number of aliphatic hydroxyl groups excluding tert-OH is 1. The maximum Gasteiger partial charge on any atom is 0.334 e. The van der Waals surface area contributed by atoms with Crippen LogP contribution in [0.1, 0.15) is 32.6 Å². The number of esters is 1. The number of fused-ring (bicyclic) bond motifs is 2. The van der Waals surface area contributed by atoms with Gasteiger partial charge in [0.25, 0.3) is 0 Å². The highest BCUT2D eigenvalue weighted by atomic mass is 16.6. The lowest BCUT2D eigenvalue weighted by Gasteiger charge is -2.57. The van der Waals surface area contributed by atoms with Gasteiger partial charge in [-0.25, -0.2) is 4.79 Å². The van der Waals surface area contributed by atoms with Crippen molar-refractivity contribution in [3.8, 4) is 0 Å². The van der Waals surface area contributed by atoms with E-state index in [0.29, 0.717) is 31.3 Å². The van der Waals surface area contributed by atoms with Gasteiger partial charge in [-0.3, -0.25) is 0 Å². The molecule has 0 bridgehead atoms. The highest BCUT2D eigenvalue weighted by molar-refractivity contribution is 5.91. The standard InChI is InChI=1S/C15H20O4/c1-8-4-5-12(16)14(3)7-11-10(6-15(8,14)18)9(2)13(17)19-11/h10-12,16,18H,1-2,4-7H2,3H3/t10-,11+,12-,14+,15-/m1/s1. The van der Waals surface area contributed by atoms with Crippen molar-refractivity contribution in [3.63, 3.8) is 0 Å². The number of carbonyl (C=O) groups excluding carboxylic acids is 1. The van der Waals surface area contributed by atoms with Crippen LogP contribution in [0.2, 0.25) is 0 Å². The van der Waals surface area contributed by atoms with E-state index in [1.807, 2.05) is 6.92 Å². The second-order valence-electron chi connectivity index (χ2n) is 6.42. The summed E-state index contributed by atoms with van der Waals surface area (Å²) in [4.78, 5) is 11.6. The molecule has 4 nitrogen and oxygen atoms in total. The molecule has 0 aromatic heterocycles. The third-order valence-corrected chi connectivity index (χ3v) is 5.54. The first-order valence-electron chi connectivity index (χ1n) is 6.78. The van der Waals surface area contributed by atoms with Crippen LogP contribution in [0, 0.1) is 11.3 Å². The monoisotopic (exact) mass is 264 g/mol. The van der Waals surface area contributed by atoms with Gasteiger partial charge in [-0.15, -0.1) is 0 Å². The molecule has 5 atom stereocenters. The van der Waals surface area contributed by atoms with E-state index >= 15 is 0 Å². The van der Waals surface area contributed by atoms with Crippen LogP contribution in [0.3, 0.4) is 0 Å². The summed E-state index contributed by atoms with van der Waals surface area (Å²) in [6.45, 7) is 9.64. The summed E-state index contributed by atoms with van der Waals surface area (Å²) in [6, 6.07) is 0. The van der Waals surface area contributed by atoms with Crippen molar-refractivity contribution >= 4 is 5.97 Å². The number of carbonyl (C=O) groups is 1. The summed E-state index contributed by atoms with van der Waals surface area (Å²) in [6.07, 6.45) is 1.17. The van der Waals surface area contributed by atoms with E-state index in [1.165, 1.54) is 0 Å². The second-order valence-corrected chi connectivity index (χ2v) is 6.42. The molecular formula is C15H20O4. The molecule has 0 radical (unpaired) electrons. The zero-order chi connectivity index (χ0) is 14.0. The van der Waals surface area contributed by atoms with E-state index < -0.39 is 17.1 Å². The molecule has 0 aromatic rings. The lowest BCUT2D eigenvalue weighted by molar-refractivity contribution is -0.186. The topological polar surface area (TPSA) is 66.8 Å². The van der Waals surface area contributed by atoms with Crippen molar-refractivity contribution in [3.05, 3.63) is 24.3 Å². The van der Waals surface area contributed by atoms with Gasteiger partial charge in [-0.1, -0.05) is 20.1 Å². The van der Waals surface area contributed by atoms with Crippen LogP contribution >= 0.6 is 0 Å². The first-order chi connectivity index (χ1) is 8.79. The smallest absolute Gasteiger partial charge is 0.334 e. The second kappa shape index (κ2) is 3.70. The summed E-state index contributed by atoms with van der Waals surface area (Å²) in [5.41, 5.74) is -0.642. The minimum atomic E-state index is -1.14. The maximum atomic E-state index is 11.6. The van der Waals surface area contributed by atoms with E-state index in [0.717, 1.165) is 5.57 Å². The van der Waals surface area contributed by atoms with Crippen LogP contribution < -0.4 is 0 Å². The van der Waals surface area contributed by atoms with E-state index in [4.69, 9.17) is 4.74 Å². The normalized spacial score (nSPS) is 49.6. The lowest BCUT2D eigenvalue weighted by Crippen LogP contribution is -2.62. The molecule has 3 fully saturated rings. The molecule has 2 aliphatic carbocycles. The molecule has 0 spiro atoms. The van der Waals surface area contributed by atoms with Crippen molar-refractivity contribution < 1.29 is 19.7 Å². The third-order valence-electron chi connectivity index (χ3n) is 5.54. The number of hydrogen-bond donors (Lipinski definition) is 2. The van der Waals surface area contributed by atoms with Gasteiger partial charge in [0, 0.05) is 16.9 Å². The van der Waals surface area contributed by atoms with E-state index in [2.05, 4.69) is 13.2 Å². The molecule has 1 aliphatic heterocycles. The largest absolute Gasteiger partial charge is 0.458 e. The van der Waals surface area contributed by atoms with Crippen LogP contribution in [0.5, 0.6) is 0 Å². The summed E-state index contributed by atoms with van der Waals surface area (Å²) in [7, 11) is 0. The van der Waals surface area contributed by atoms with Gasteiger partial charge in [0.05, 0.1) is 11.7 Å². The van der Waals surface area contributed by atoms with Crippen molar-refractivity contribution in [1.82, 2.24) is 0 Å². The fraction of sp³-hybridized carbons (Fsp3) is 0.667. The Morgan fingerprint density at radius 3 is 2.74 bits per heavy atom. The van der Waals surface area contributed by atoms with Gasteiger partial charge in [-0.05, 0) is 31.3 Å². The van der Waals surface area contributed by atoms with E-state index in [1.54, 1.807) is 0 Å². The van der Waals surface area contributed by atoms with E-state index in [-0.39, 0.29) is 18.0 Å². The third kappa shape index (κ3) is 1.44. The number of aliphatic hydroxyl groups is 2. The van der Waals surface area contributed by atoms with Gasteiger partial charge in [0.15, 0.2) is 0 Å². The molecule has 0 unspecified atom stereocenters. The summed E-state index contributed by atoms with van der Waals surface area (Å²) in [5, 5.41) is 21.4. The molecule has 3 rings (SSSR count). The molecule has 2 N–H and O–H groups in total. The molecule has 104 valence electrons. The summed E-state index contributed by atoms with van der Waals surface area (Å²) in [5.74, 6) is -0.534. The zero-order valence-electron chi connectivity index (χ0n) is 11.2. The first kappa shape index (κ1) is 12.9. The average molecular weight is 264 g/mol. The van der Waals surface area contributed by atoms with Gasteiger partial charge in [0.1, 0.15) is 6.10 Å². The molecule has 0 aromatic carbocycles. The van der Waals surface area contributed by atoms with E-state index in [9.17, 15) is 15.0 Å². The summed E-state index contributed by atoms with van der Waals surface area (Å²) >= 11 is 0. The molecule has 19 heavy (non-hydrogen) atoms. The maximum absolute atomic E-state index is 11.6. The average Bonchev–Trinajstić information content (AvgIpc) is 2.61. The van der Waals surface area contributed by atoms with Crippen molar-refractivity contribution in [1.29, 1.82) is 0 Å². The van der Waals surface area contributed by atoms with Crippen LogP contribution in [-0.4, -0.2) is 34.0 Å². The highest BCUT2D eigenvalue weighted by Gasteiger charge is 2.63. The molecule has 1 saturated heterocycles. The Bertz CT molecular complexity index is 483. The minimum absolute atomic E-state index is 0.160. The molecule has 1 heterocycles. The molecular weight excluding hydrogens is 244 g/mol. The van der Waals surface area contributed by atoms with Gasteiger partial charge >= 0.3 is 5.97 Å². The van der Waals surface area contributed by atoms with Crippen LogP contribution in [0.15, 0.2) is 24.3 Å². The minimum Gasteiger partial charge on any atom is -0.458 e. The van der Waals surface area contributed by atoms with Crippen molar-refractivity contribution in [2.24, 2.45) is 11.3 Å². The Hall–Kier alpha value is -1.13. The highest BCUT2D eigenvalue weighted by Crippen LogP contribution is 2.58. The van der Waals surface area contributed by atoms with Gasteiger partial charge in [0.2, 0.25) is 0 Å². The summed E-state index contributed by atoms with van der Waals surface area (Å²) < 4.78 is 5.33. The zero-order valence-corrected chi connectivity index (χ0v) is 11.2. The molecule has 2 saturated carbocycles. The van der Waals surface area contributed by atoms with Crippen molar-refractivity contribution in [2.75, 3.05) is 0 Å². The number of rotatable bonds is 0. The first-order valence-corrected chi connectivity index (χ1v) is 6.78. The number of hydrogen-bond acceptors (Lipinski definition) is 4. The molecule has 3 aliphatic rings. The SMILES string of the molecule is C=C1C(=O)O[C@H]2C[C@@]3(C)[C@H](O)CCC(=C)[C@]3(O)C[C@H]12. The number of ether oxygens (including phenoxy) is 1. The van der Waals surface area contributed by atoms with Gasteiger partial charge < -0.3 is 14.9 Å². The molecule has 0 amide bonds. The quantitative estimate of drug-likeness (QED) is 0.393. The lowest BCUT2D eigenvalue weighted by atomic mass is 9.52. The Morgan fingerprint density at radius 2 is 2.05 bits per heavy atom. The molecule has 4 heteroatoms. The van der Waals surface area contributed by atoms with Crippen molar-refractivity contribution in [2.45, 2.75) is 50.4 Å². The van der Waals surface area contributed by atoms with Crippen LogP contribution in [0.4, 0.5) is 0 Å². The Morgan fingerprint density at radius 1 is 1.37 bits per heavy atom.